The average molecular weight is 276 g/mol. The Morgan fingerprint density at radius 3 is 3.05 bits per heavy atom. The summed E-state index contributed by atoms with van der Waals surface area (Å²) in [5.74, 6) is 0.116. The Bertz CT molecular complexity index is 476. The zero-order chi connectivity index (χ0) is 14.0. The van der Waals surface area contributed by atoms with Crippen LogP contribution in [-0.4, -0.2) is 28.5 Å². The van der Waals surface area contributed by atoms with Gasteiger partial charge >= 0.3 is 0 Å². The number of amides is 1. The third kappa shape index (κ3) is 2.87. The molecule has 2 heterocycles. The maximum atomic E-state index is 12.3. The van der Waals surface area contributed by atoms with E-state index in [4.69, 9.17) is 0 Å². The normalized spacial score (nSPS) is 24.9. The van der Waals surface area contributed by atoms with E-state index in [0.29, 0.717) is 18.4 Å². The minimum Gasteiger partial charge on any atom is -0.354 e. The van der Waals surface area contributed by atoms with E-state index in [1.165, 1.54) is 32.1 Å². The van der Waals surface area contributed by atoms with E-state index < -0.39 is 0 Å². The smallest absolute Gasteiger partial charge is 0.237 e. The van der Waals surface area contributed by atoms with Gasteiger partial charge in [-0.3, -0.25) is 10.1 Å². The summed E-state index contributed by atoms with van der Waals surface area (Å²) in [6.45, 7) is 3.80. The summed E-state index contributed by atoms with van der Waals surface area (Å²) in [7, 11) is 0. The van der Waals surface area contributed by atoms with Crippen molar-refractivity contribution in [3.8, 4) is 0 Å². The minimum atomic E-state index is -0.141. The van der Waals surface area contributed by atoms with Gasteiger partial charge in [0.05, 0.1) is 23.8 Å². The molecule has 0 aromatic carbocycles. The lowest BCUT2D eigenvalue weighted by Gasteiger charge is -2.34. The lowest BCUT2D eigenvalue weighted by Crippen LogP contribution is -2.50. The Morgan fingerprint density at radius 1 is 1.45 bits per heavy atom. The zero-order valence-electron chi connectivity index (χ0n) is 12.2. The van der Waals surface area contributed by atoms with Gasteiger partial charge in [-0.05, 0) is 18.3 Å². The number of nitrogens with zero attached hydrogens (tertiary/aromatic N) is 1. The first kappa shape index (κ1) is 13.6. The topological polar surface area (TPSA) is 69.8 Å². The zero-order valence-corrected chi connectivity index (χ0v) is 12.2. The summed E-state index contributed by atoms with van der Waals surface area (Å²) in [4.78, 5) is 19.7. The van der Waals surface area contributed by atoms with Gasteiger partial charge in [-0.25, -0.2) is 4.98 Å². The van der Waals surface area contributed by atoms with Crippen LogP contribution in [0.2, 0.25) is 0 Å². The molecule has 20 heavy (non-hydrogen) atoms. The van der Waals surface area contributed by atoms with E-state index in [9.17, 15) is 4.79 Å². The number of imidazole rings is 1. The van der Waals surface area contributed by atoms with Crippen LogP contribution in [0.5, 0.6) is 0 Å². The number of aromatic amines is 1. The van der Waals surface area contributed by atoms with Gasteiger partial charge in [0.2, 0.25) is 5.91 Å². The van der Waals surface area contributed by atoms with Gasteiger partial charge in [-0.15, -0.1) is 0 Å². The number of H-pyrrole nitrogens is 1. The molecule has 3 N–H and O–H groups in total. The van der Waals surface area contributed by atoms with Crippen LogP contribution in [0.4, 0.5) is 0 Å². The van der Waals surface area contributed by atoms with Crippen molar-refractivity contribution in [2.45, 2.75) is 58.0 Å². The summed E-state index contributed by atoms with van der Waals surface area (Å²) < 4.78 is 0. The van der Waals surface area contributed by atoms with Crippen LogP contribution in [0.25, 0.3) is 0 Å². The lowest BCUT2D eigenvalue weighted by molar-refractivity contribution is -0.124. The summed E-state index contributed by atoms with van der Waals surface area (Å²) in [6, 6.07) is -0.141. The molecule has 0 radical (unpaired) electrons. The molecular weight excluding hydrogens is 252 g/mol. The third-order valence-electron chi connectivity index (χ3n) is 4.80. The van der Waals surface area contributed by atoms with E-state index in [1.54, 1.807) is 6.33 Å². The second-order valence-electron chi connectivity index (χ2n) is 6.55. The van der Waals surface area contributed by atoms with Gasteiger partial charge in [-0.2, -0.15) is 0 Å². The van der Waals surface area contributed by atoms with Gasteiger partial charge in [0.15, 0.2) is 0 Å². The molecule has 1 saturated carbocycles. The molecule has 1 aromatic rings. The summed E-state index contributed by atoms with van der Waals surface area (Å²) in [5, 5.41) is 6.42. The van der Waals surface area contributed by atoms with Crippen LogP contribution >= 0.6 is 0 Å². The summed E-state index contributed by atoms with van der Waals surface area (Å²) in [5.41, 5.74) is 2.42. The molecule has 1 fully saturated rings. The molecule has 1 aromatic heterocycles. The summed E-state index contributed by atoms with van der Waals surface area (Å²) >= 11 is 0. The van der Waals surface area contributed by atoms with Crippen molar-refractivity contribution in [1.29, 1.82) is 0 Å². The fraction of sp³-hybridized carbons (Fsp3) is 0.733. The molecule has 3 rings (SSSR count). The lowest BCUT2D eigenvalue weighted by atomic mass is 9.75. The van der Waals surface area contributed by atoms with Crippen molar-refractivity contribution in [1.82, 2.24) is 20.6 Å². The van der Waals surface area contributed by atoms with Crippen LogP contribution in [0.1, 0.15) is 50.4 Å². The standard InChI is InChI=1S/C15H24N4O/c1-15(5-3-2-4-6-15)9-17-14(20)12-7-11-13(8-16-12)19-10-18-11/h10,12,16H,2-9H2,1H3,(H,17,20)(H,18,19). The number of aromatic nitrogens is 2. The van der Waals surface area contributed by atoms with E-state index >= 15 is 0 Å². The number of carbonyl (C=O) groups excluding carboxylic acids is 1. The Morgan fingerprint density at radius 2 is 2.25 bits per heavy atom. The highest BCUT2D eigenvalue weighted by atomic mass is 16.2. The maximum Gasteiger partial charge on any atom is 0.237 e. The quantitative estimate of drug-likeness (QED) is 0.784. The molecule has 1 atom stereocenters. The molecule has 5 heteroatoms. The second kappa shape index (κ2) is 5.56. The number of rotatable bonds is 3. The number of hydrogen-bond donors (Lipinski definition) is 3. The fourth-order valence-electron chi connectivity index (χ4n) is 3.36. The molecule has 1 aliphatic heterocycles. The predicted molar refractivity (Wildman–Crippen MR) is 77.1 cm³/mol. The van der Waals surface area contributed by atoms with Crippen molar-refractivity contribution < 1.29 is 4.79 Å². The number of fused-ring (bicyclic) bond motifs is 1. The van der Waals surface area contributed by atoms with E-state index in [0.717, 1.165) is 17.9 Å². The number of hydrogen-bond acceptors (Lipinski definition) is 3. The van der Waals surface area contributed by atoms with Crippen LogP contribution in [-0.2, 0) is 17.8 Å². The minimum absolute atomic E-state index is 0.116. The van der Waals surface area contributed by atoms with Gasteiger partial charge in [0, 0.05) is 19.5 Å². The monoisotopic (exact) mass is 276 g/mol. The average Bonchev–Trinajstić information content (AvgIpc) is 2.93. The van der Waals surface area contributed by atoms with E-state index in [1.807, 2.05) is 0 Å². The molecule has 1 amide bonds. The van der Waals surface area contributed by atoms with Crippen molar-refractivity contribution in [2.24, 2.45) is 5.41 Å². The highest BCUT2D eigenvalue weighted by molar-refractivity contribution is 5.82. The largest absolute Gasteiger partial charge is 0.354 e. The van der Waals surface area contributed by atoms with Crippen LogP contribution in [0.3, 0.4) is 0 Å². The Labute approximate surface area is 119 Å². The summed E-state index contributed by atoms with van der Waals surface area (Å²) in [6.07, 6.45) is 8.78. The Kier molecular flexibility index (Phi) is 3.78. The van der Waals surface area contributed by atoms with E-state index in [2.05, 4.69) is 27.5 Å². The molecule has 1 aliphatic carbocycles. The highest BCUT2D eigenvalue weighted by Crippen LogP contribution is 2.34. The van der Waals surface area contributed by atoms with Gasteiger partial charge in [0.25, 0.3) is 0 Å². The third-order valence-corrected chi connectivity index (χ3v) is 4.80. The van der Waals surface area contributed by atoms with Crippen molar-refractivity contribution in [3.63, 3.8) is 0 Å². The number of carbonyl (C=O) groups is 1. The Balaban J connectivity index is 1.52. The fourth-order valence-corrected chi connectivity index (χ4v) is 3.36. The Hall–Kier alpha value is -1.36. The van der Waals surface area contributed by atoms with Crippen molar-refractivity contribution in [2.75, 3.05) is 6.54 Å². The molecule has 5 nitrogen and oxygen atoms in total. The van der Waals surface area contributed by atoms with Crippen LogP contribution < -0.4 is 10.6 Å². The first-order valence-electron chi connectivity index (χ1n) is 7.69. The maximum absolute atomic E-state index is 12.3. The molecular formula is C15H24N4O. The first-order valence-corrected chi connectivity index (χ1v) is 7.69. The van der Waals surface area contributed by atoms with Gasteiger partial charge in [-0.1, -0.05) is 26.2 Å². The predicted octanol–water partition coefficient (Wildman–Crippen LogP) is 1.51. The molecule has 0 bridgehead atoms. The molecule has 0 spiro atoms. The van der Waals surface area contributed by atoms with Gasteiger partial charge in [0.1, 0.15) is 0 Å². The van der Waals surface area contributed by atoms with E-state index in [-0.39, 0.29) is 11.9 Å². The van der Waals surface area contributed by atoms with Crippen molar-refractivity contribution >= 4 is 5.91 Å². The SMILES string of the molecule is CC1(CNC(=O)C2Cc3nc[nH]c3CN2)CCCCC1. The van der Waals surface area contributed by atoms with Crippen LogP contribution in [0.15, 0.2) is 6.33 Å². The highest BCUT2D eigenvalue weighted by Gasteiger charge is 2.30. The molecule has 110 valence electrons. The molecule has 0 saturated heterocycles. The van der Waals surface area contributed by atoms with Crippen LogP contribution in [0, 0.1) is 5.41 Å². The second-order valence-corrected chi connectivity index (χ2v) is 6.55. The van der Waals surface area contributed by atoms with Crippen molar-refractivity contribution in [3.05, 3.63) is 17.7 Å². The first-order chi connectivity index (χ1) is 9.66. The van der Waals surface area contributed by atoms with Gasteiger partial charge < -0.3 is 10.3 Å². The number of nitrogens with one attached hydrogen (secondary N) is 3. The molecule has 2 aliphatic rings. The molecule has 1 unspecified atom stereocenters.